The van der Waals surface area contributed by atoms with E-state index in [2.05, 4.69) is 32.9 Å². The molecule has 0 aromatic carbocycles. The van der Waals surface area contributed by atoms with Crippen LogP contribution in [-0.4, -0.2) is 11.2 Å². The van der Waals surface area contributed by atoms with Crippen LogP contribution >= 0.6 is 0 Å². The van der Waals surface area contributed by atoms with Gasteiger partial charge in [-0.25, -0.2) is 0 Å². The fourth-order valence-electron chi connectivity index (χ4n) is 6.96. The Kier molecular flexibility index (Phi) is 3.39. The lowest BCUT2D eigenvalue weighted by molar-refractivity contribution is -0.0268. The number of hydrogen-bond donors (Lipinski definition) is 1. The second-order valence-corrected chi connectivity index (χ2v) is 8.96. The highest BCUT2D eigenvalue weighted by Crippen LogP contribution is 2.66. The molecule has 0 amide bonds. The lowest BCUT2D eigenvalue weighted by atomic mass is 9.48. The van der Waals surface area contributed by atoms with E-state index in [1.54, 1.807) is 11.1 Å². The third kappa shape index (κ3) is 1.87. The molecule has 0 aromatic heterocycles. The Hall–Kier alpha value is -0.560. The van der Waals surface area contributed by atoms with Crippen LogP contribution in [0.15, 0.2) is 23.3 Å². The lowest BCUT2D eigenvalue weighted by Crippen LogP contribution is -2.49. The first kappa shape index (κ1) is 15.0. The summed E-state index contributed by atoms with van der Waals surface area (Å²) in [7, 11) is 0. The van der Waals surface area contributed by atoms with Gasteiger partial charge in [-0.15, -0.1) is 0 Å². The van der Waals surface area contributed by atoms with Crippen LogP contribution in [0.4, 0.5) is 0 Å². The van der Waals surface area contributed by atoms with Gasteiger partial charge in [0, 0.05) is 0 Å². The number of hydrogen-bond acceptors (Lipinski definition) is 1. The minimum absolute atomic E-state index is 0.0779. The summed E-state index contributed by atoms with van der Waals surface area (Å²) in [5, 5.41) is 10.1. The molecular weight excluding hydrogens is 268 g/mol. The van der Waals surface area contributed by atoms with Crippen molar-refractivity contribution in [3.05, 3.63) is 23.3 Å². The molecule has 6 atom stereocenters. The standard InChI is InChI=1S/C21H32O/c1-4-14-6-8-18-17-7-5-15-13-16(22)9-11-21(15,3)19(17)10-12-20(14,18)2/h4-5,16-19,22H,6-13H2,1-3H3/b14-4-/t16-,17?,18?,19?,20+,21-/m0/s1. The van der Waals surface area contributed by atoms with Crippen LogP contribution < -0.4 is 0 Å². The third-order valence-corrected chi connectivity index (χ3v) is 8.27. The molecule has 0 spiro atoms. The molecule has 122 valence electrons. The van der Waals surface area contributed by atoms with E-state index in [-0.39, 0.29) is 6.10 Å². The first-order valence-electron chi connectivity index (χ1n) is 9.52. The molecule has 0 radical (unpaired) electrons. The van der Waals surface area contributed by atoms with Gasteiger partial charge in [0.1, 0.15) is 0 Å². The van der Waals surface area contributed by atoms with Crippen LogP contribution in [0, 0.1) is 28.6 Å². The number of fused-ring (bicyclic) bond motifs is 5. The Morgan fingerprint density at radius 1 is 1.09 bits per heavy atom. The van der Waals surface area contributed by atoms with E-state index < -0.39 is 0 Å². The quantitative estimate of drug-likeness (QED) is 0.605. The fourth-order valence-corrected chi connectivity index (χ4v) is 6.96. The van der Waals surface area contributed by atoms with E-state index in [0.29, 0.717) is 10.8 Å². The van der Waals surface area contributed by atoms with Crippen LogP contribution in [0.2, 0.25) is 0 Å². The van der Waals surface area contributed by atoms with Crippen LogP contribution in [0.5, 0.6) is 0 Å². The van der Waals surface area contributed by atoms with Crippen molar-refractivity contribution in [2.24, 2.45) is 28.6 Å². The SMILES string of the molecule is C/C=C1/CCC2C3CC=C4C[C@@H](O)CC[C@]4(C)C3CC[C@]12C. The van der Waals surface area contributed by atoms with Gasteiger partial charge >= 0.3 is 0 Å². The summed E-state index contributed by atoms with van der Waals surface area (Å²) < 4.78 is 0. The summed E-state index contributed by atoms with van der Waals surface area (Å²) in [6.45, 7) is 7.33. The average Bonchev–Trinajstić information content (AvgIpc) is 2.84. The largest absolute Gasteiger partial charge is 0.393 e. The van der Waals surface area contributed by atoms with E-state index >= 15 is 0 Å². The maximum atomic E-state index is 10.1. The van der Waals surface area contributed by atoms with Gasteiger partial charge in [0.05, 0.1) is 6.10 Å². The Balaban J connectivity index is 1.69. The summed E-state index contributed by atoms with van der Waals surface area (Å²) in [4.78, 5) is 0. The molecule has 4 aliphatic carbocycles. The highest BCUT2D eigenvalue weighted by atomic mass is 16.3. The monoisotopic (exact) mass is 300 g/mol. The minimum Gasteiger partial charge on any atom is -0.393 e. The molecule has 1 nitrogen and oxygen atoms in total. The van der Waals surface area contributed by atoms with Gasteiger partial charge < -0.3 is 5.11 Å². The highest BCUT2D eigenvalue weighted by molar-refractivity contribution is 5.29. The molecule has 0 aromatic rings. The topological polar surface area (TPSA) is 20.2 Å². The van der Waals surface area contributed by atoms with Gasteiger partial charge in [-0.1, -0.05) is 37.1 Å². The van der Waals surface area contributed by atoms with E-state index in [1.165, 1.54) is 38.5 Å². The van der Waals surface area contributed by atoms with Crippen LogP contribution in [0.1, 0.15) is 72.1 Å². The van der Waals surface area contributed by atoms with Crippen molar-refractivity contribution in [3.8, 4) is 0 Å². The summed E-state index contributed by atoms with van der Waals surface area (Å²) >= 11 is 0. The molecular formula is C21H32O. The maximum Gasteiger partial charge on any atom is 0.0577 e. The number of rotatable bonds is 0. The molecule has 0 aliphatic heterocycles. The normalized spacial score (nSPS) is 52.7. The fraction of sp³-hybridized carbons (Fsp3) is 0.810. The lowest BCUT2D eigenvalue weighted by Gasteiger charge is -2.57. The van der Waals surface area contributed by atoms with Gasteiger partial charge in [-0.3, -0.25) is 0 Å². The van der Waals surface area contributed by atoms with Gasteiger partial charge in [0.15, 0.2) is 0 Å². The third-order valence-electron chi connectivity index (χ3n) is 8.27. The van der Waals surface area contributed by atoms with Crippen molar-refractivity contribution < 1.29 is 5.11 Å². The van der Waals surface area contributed by atoms with Crippen LogP contribution in [-0.2, 0) is 0 Å². The number of allylic oxidation sites excluding steroid dienone is 3. The predicted octanol–water partition coefficient (Wildman–Crippen LogP) is 5.26. The van der Waals surface area contributed by atoms with Crippen LogP contribution in [0.25, 0.3) is 0 Å². The molecule has 0 bridgehead atoms. The summed E-state index contributed by atoms with van der Waals surface area (Å²) in [6, 6.07) is 0. The molecule has 1 N–H and O–H groups in total. The molecule has 0 heterocycles. The Labute approximate surface area is 135 Å². The Morgan fingerprint density at radius 3 is 2.59 bits per heavy atom. The van der Waals surface area contributed by atoms with Crippen molar-refractivity contribution >= 4 is 0 Å². The second-order valence-electron chi connectivity index (χ2n) is 8.96. The van der Waals surface area contributed by atoms with Crippen molar-refractivity contribution in [2.75, 3.05) is 0 Å². The second kappa shape index (κ2) is 4.97. The smallest absolute Gasteiger partial charge is 0.0577 e. The first-order chi connectivity index (χ1) is 10.5. The Bertz CT molecular complexity index is 530. The number of aliphatic hydroxyl groups is 1. The van der Waals surface area contributed by atoms with E-state index in [1.807, 2.05) is 0 Å². The van der Waals surface area contributed by atoms with Gasteiger partial charge in [-0.2, -0.15) is 0 Å². The molecule has 22 heavy (non-hydrogen) atoms. The van der Waals surface area contributed by atoms with Crippen molar-refractivity contribution in [1.29, 1.82) is 0 Å². The number of aliphatic hydroxyl groups excluding tert-OH is 1. The zero-order valence-corrected chi connectivity index (χ0v) is 14.6. The summed E-state index contributed by atoms with van der Waals surface area (Å²) in [5.74, 6) is 2.66. The van der Waals surface area contributed by atoms with Crippen molar-refractivity contribution in [2.45, 2.75) is 78.2 Å². The molecule has 4 aliphatic rings. The molecule has 4 rings (SSSR count). The molecule has 1 heteroatoms. The first-order valence-corrected chi connectivity index (χ1v) is 9.52. The summed E-state index contributed by atoms with van der Waals surface area (Å²) in [6.07, 6.45) is 14.9. The van der Waals surface area contributed by atoms with Gasteiger partial charge in [-0.05, 0) is 86.9 Å². The molecule has 0 saturated heterocycles. The molecule has 3 unspecified atom stereocenters. The molecule has 3 fully saturated rings. The minimum atomic E-state index is -0.0779. The Morgan fingerprint density at radius 2 is 1.82 bits per heavy atom. The zero-order valence-electron chi connectivity index (χ0n) is 14.6. The van der Waals surface area contributed by atoms with Gasteiger partial charge in [0.2, 0.25) is 0 Å². The maximum absolute atomic E-state index is 10.1. The van der Waals surface area contributed by atoms with Crippen molar-refractivity contribution in [1.82, 2.24) is 0 Å². The average molecular weight is 300 g/mol. The van der Waals surface area contributed by atoms with Gasteiger partial charge in [0.25, 0.3) is 0 Å². The zero-order chi connectivity index (χ0) is 15.5. The van der Waals surface area contributed by atoms with E-state index in [9.17, 15) is 5.11 Å². The van der Waals surface area contributed by atoms with Crippen molar-refractivity contribution in [3.63, 3.8) is 0 Å². The summed E-state index contributed by atoms with van der Waals surface area (Å²) in [5.41, 5.74) is 4.23. The van der Waals surface area contributed by atoms with Crippen LogP contribution in [0.3, 0.4) is 0 Å². The highest BCUT2D eigenvalue weighted by Gasteiger charge is 2.56. The predicted molar refractivity (Wildman–Crippen MR) is 91.5 cm³/mol. The van der Waals surface area contributed by atoms with E-state index in [4.69, 9.17) is 0 Å². The molecule has 3 saturated carbocycles. The van der Waals surface area contributed by atoms with E-state index in [0.717, 1.165) is 30.6 Å².